The third kappa shape index (κ3) is 2.98. The Kier molecular flexibility index (Phi) is 4.14. The number of hydrogen-bond acceptors (Lipinski definition) is 5. The van der Waals surface area contributed by atoms with E-state index in [1.165, 1.54) is 25.3 Å². The molecule has 1 atom stereocenters. The van der Waals surface area contributed by atoms with Gasteiger partial charge in [-0.3, -0.25) is 9.59 Å². The molecule has 21 heavy (non-hydrogen) atoms. The van der Waals surface area contributed by atoms with Gasteiger partial charge < -0.3 is 15.2 Å². The van der Waals surface area contributed by atoms with Gasteiger partial charge in [0.1, 0.15) is 11.8 Å². The van der Waals surface area contributed by atoms with Gasteiger partial charge in [0.15, 0.2) is 0 Å². The van der Waals surface area contributed by atoms with Gasteiger partial charge in [0, 0.05) is 12.6 Å². The van der Waals surface area contributed by atoms with E-state index in [0.29, 0.717) is 10.1 Å². The number of amides is 1. The summed E-state index contributed by atoms with van der Waals surface area (Å²) in [5, 5.41) is 11.5. The van der Waals surface area contributed by atoms with Crippen LogP contribution in [0.4, 0.5) is 0 Å². The maximum atomic E-state index is 12.5. The van der Waals surface area contributed by atoms with Crippen molar-refractivity contribution in [3.05, 3.63) is 24.3 Å². The highest BCUT2D eigenvalue weighted by Crippen LogP contribution is 2.23. The summed E-state index contributed by atoms with van der Waals surface area (Å²) < 4.78 is 30.7. The zero-order valence-electron chi connectivity index (χ0n) is 11.1. The molecular formula is C12H14N2O6S. The molecule has 1 aromatic carbocycles. The standard InChI is InChI=1S/C12H14N2O6S/c1-20-8-3-2-4-9(5-8)21(18,19)14-7-11(15)13-6-10(14)12(16)17/h2-5,10H,6-7H2,1H3,(H,13,15)(H,16,17). The molecule has 1 fully saturated rings. The highest BCUT2D eigenvalue weighted by molar-refractivity contribution is 7.89. The van der Waals surface area contributed by atoms with Crippen molar-refractivity contribution in [3.63, 3.8) is 0 Å². The zero-order chi connectivity index (χ0) is 15.6. The lowest BCUT2D eigenvalue weighted by Crippen LogP contribution is -2.59. The molecule has 0 aromatic heterocycles. The SMILES string of the molecule is COc1cccc(S(=O)(=O)N2CC(=O)NCC2C(=O)O)c1. The molecule has 2 N–H and O–H groups in total. The van der Waals surface area contributed by atoms with E-state index in [0.717, 1.165) is 0 Å². The van der Waals surface area contributed by atoms with Gasteiger partial charge >= 0.3 is 5.97 Å². The van der Waals surface area contributed by atoms with Gasteiger partial charge in [-0.2, -0.15) is 4.31 Å². The van der Waals surface area contributed by atoms with Crippen LogP contribution in [0, 0.1) is 0 Å². The maximum Gasteiger partial charge on any atom is 0.323 e. The van der Waals surface area contributed by atoms with Crippen LogP contribution in [0.2, 0.25) is 0 Å². The maximum absolute atomic E-state index is 12.5. The molecule has 0 spiro atoms. The van der Waals surface area contributed by atoms with Crippen LogP contribution >= 0.6 is 0 Å². The number of ether oxygens (including phenoxy) is 1. The van der Waals surface area contributed by atoms with E-state index < -0.39 is 34.5 Å². The molecule has 1 saturated heterocycles. The monoisotopic (exact) mass is 314 g/mol. The van der Waals surface area contributed by atoms with Crippen LogP contribution < -0.4 is 10.1 Å². The van der Waals surface area contributed by atoms with E-state index in [2.05, 4.69) is 5.32 Å². The van der Waals surface area contributed by atoms with Crippen LogP contribution in [0.5, 0.6) is 5.75 Å². The average Bonchev–Trinajstić information content (AvgIpc) is 2.46. The van der Waals surface area contributed by atoms with Crippen molar-refractivity contribution in [2.75, 3.05) is 20.2 Å². The van der Waals surface area contributed by atoms with Crippen molar-refractivity contribution < 1.29 is 27.9 Å². The number of sulfonamides is 1. The zero-order valence-corrected chi connectivity index (χ0v) is 12.0. The van der Waals surface area contributed by atoms with Crippen molar-refractivity contribution >= 4 is 21.9 Å². The first kappa shape index (κ1) is 15.3. The summed E-state index contributed by atoms with van der Waals surface area (Å²) in [6, 6.07) is 4.31. The molecule has 1 amide bonds. The minimum atomic E-state index is -4.11. The quantitative estimate of drug-likeness (QED) is 0.757. The summed E-state index contributed by atoms with van der Waals surface area (Å²) in [6.45, 7) is -0.798. The van der Waals surface area contributed by atoms with Crippen LogP contribution in [-0.4, -0.2) is 55.9 Å². The largest absolute Gasteiger partial charge is 0.497 e. The number of carboxylic acids is 1. The predicted octanol–water partition coefficient (Wildman–Crippen LogP) is -0.731. The second kappa shape index (κ2) is 5.70. The van der Waals surface area contributed by atoms with Crippen LogP contribution in [0.15, 0.2) is 29.2 Å². The Morgan fingerprint density at radius 2 is 2.19 bits per heavy atom. The second-order valence-corrected chi connectivity index (χ2v) is 6.28. The third-order valence-electron chi connectivity index (χ3n) is 3.07. The Hall–Kier alpha value is -2.13. The Bertz CT molecular complexity index is 672. The number of aliphatic carboxylic acids is 1. The van der Waals surface area contributed by atoms with Gasteiger partial charge in [0.25, 0.3) is 0 Å². The van der Waals surface area contributed by atoms with E-state index in [4.69, 9.17) is 9.84 Å². The number of benzene rings is 1. The average molecular weight is 314 g/mol. The minimum Gasteiger partial charge on any atom is -0.497 e. The van der Waals surface area contributed by atoms with Crippen LogP contribution in [0.1, 0.15) is 0 Å². The number of carbonyl (C=O) groups is 2. The number of nitrogens with one attached hydrogen (secondary N) is 1. The van der Waals surface area contributed by atoms with Crippen LogP contribution in [0.3, 0.4) is 0 Å². The van der Waals surface area contributed by atoms with E-state index >= 15 is 0 Å². The fourth-order valence-electron chi connectivity index (χ4n) is 1.98. The number of rotatable bonds is 4. The van der Waals surface area contributed by atoms with E-state index in [9.17, 15) is 18.0 Å². The van der Waals surface area contributed by atoms with E-state index in [1.54, 1.807) is 6.07 Å². The fourth-order valence-corrected chi connectivity index (χ4v) is 3.55. The molecule has 0 radical (unpaired) electrons. The number of carbonyl (C=O) groups excluding carboxylic acids is 1. The van der Waals surface area contributed by atoms with Crippen LogP contribution in [-0.2, 0) is 19.6 Å². The van der Waals surface area contributed by atoms with Crippen molar-refractivity contribution in [1.29, 1.82) is 0 Å². The van der Waals surface area contributed by atoms with Gasteiger partial charge in [-0.15, -0.1) is 0 Å². The molecule has 0 bridgehead atoms. The van der Waals surface area contributed by atoms with Gasteiger partial charge in [0.05, 0.1) is 18.6 Å². The van der Waals surface area contributed by atoms with Crippen molar-refractivity contribution in [1.82, 2.24) is 9.62 Å². The third-order valence-corrected chi connectivity index (χ3v) is 4.92. The Labute approximate surface area is 121 Å². The Morgan fingerprint density at radius 3 is 2.81 bits per heavy atom. The predicted molar refractivity (Wildman–Crippen MR) is 71.3 cm³/mol. The molecule has 0 saturated carbocycles. The molecule has 8 nitrogen and oxygen atoms in total. The fraction of sp³-hybridized carbons (Fsp3) is 0.333. The minimum absolute atomic E-state index is 0.122. The summed E-state index contributed by atoms with van der Waals surface area (Å²) in [5.74, 6) is -1.54. The lowest BCUT2D eigenvalue weighted by atomic mass is 10.2. The molecular weight excluding hydrogens is 300 g/mol. The first-order chi connectivity index (χ1) is 9.86. The van der Waals surface area contributed by atoms with Gasteiger partial charge in [-0.05, 0) is 12.1 Å². The number of methoxy groups -OCH3 is 1. The van der Waals surface area contributed by atoms with Gasteiger partial charge in [0.2, 0.25) is 15.9 Å². The number of hydrogen-bond donors (Lipinski definition) is 2. The van der Waals surface area contributed by atoms with E-state index in [1.807, 2.05) is 0 Å². The molecule has 1 heterocycles. The first-order valence-corrected chi connectivity index (χ1v) is 7.45. The molecule has 1 aromatic rings. The summed E-state index contributed by atoms with van der Waals surface area (Å²) >= 11 is 0. The summed E-state index contributed by atoms with van der Waals surface area (Å²) in [7, 11) is -2.72. The van der Waals surface area contributed by atoms with Gasteiger partial charge in [-0.1, -0.05) is 6.07 Å². The lowest BCUT2D eigenvalue weighted by Gasteiger charge is -2.31. The summed E-state index contributed by atoms with van der Waals surface area (Å²) in [5.41, 5.74) is 0. The molecule has 0 aliphatic carbocycles. The van der Waals surface area contributed by atoms with Crippen LogP contribution in [0.25, 0.3) is 0 Å². The normalized spacial score (nSPS) is 19.9. The topological polar surface area (TPSA) is 113 Å². The lowest BCUT2D eigenvalue weighted by molar-refractivity contribution is -0.143. The number of carboxylic acid groups (broad SMARTS) is 1. The Balaban J connectivity index is 2.44. The first-order valence-electron chi connectivity index (χ1n) is 6.01. The van der Waals surface area contributed by atoms with Crippen molar-refractivity contribution in [3.8, 4) is 5.75 Å². The summed E-state index contributed by atoms with van der Waals surface area (Å²) in [4.78, 5) is 22.5. The second-order valence-electron chi connectivity index (χ2n) is 4.39. The van der Waals surface area contributed by atoms with E-state index in [-0.39, 0.29) is 11.4 Å². The van der Waals surface area contributed by atoms with Crippen molar-refractivity contribution in [2.24, 2.45) is 0 Å². The Morgan fingerprint density at radius 1 is 1.48 bits per heavy atom. The van der Waals surface area contributed by atoms with Gasteiger partial charge in [-0.25, -0.2) is 8.42 Å². The highest BCUT2D eigenvalue weighted by Gasteiger charge is 2.40. The smallest absolute Gasteiger partial charge is 0.323 e. The molecule has 114 valence electrons. The molecule has 9 heteroatoms. The molecule has 1 unspecified atom stereocenters. The molecule has 1 aliphatic rings. The molecule has 2 rings (SSSR count). The number of piperazine rings is 1. The number of nitrogens with zero attached hydrogens (tertiary/aromatic N) is 1. The highest BCUT2D eigenvalue weighted by atomic mass is 32.2. The summed E-state index contributed by atoms with van der Waals surface area (Å²) in [6.07, 6.45) is 0. The van der Waals surface area contributed by atoms with Crippen molar-refractivity contribution in [2.45, 2.75) is 10.9 Å². The molecule has 1 aliphatic heterocycles.